The van der Waals surface area contributed by atoms with Crippen LogP contribution in [0.3, 0.4) is 0 Å². The molecule has 1 aromatic carbocycles. The molecule has 7 heteroatoms. The van der Waals surface area contributed by atoms with Gasteiger partial charge >= 0.3 is 5.97 Å². The molecule has 0 aromatic heterocycles. The maximum absolute atomic E-state index is 12.5. The number of aromatic hydroxyl groups is 1. The molecule has 26 heavy (non-hydrogen) atoms. The highest BCUT2D eigenvalue weighted by molar-refractivity contribution is 5.86. The number of nitrogens with one attached hydrogen (secondary N) is 1. The van der Waals surface area contributed by atoms with E-state index >= 15 is 0 Å². The largest absolute Gasteiger partial charge is 0.508 e. The molecule has 0 spiro atoms. The molecule has 2 fully saturated rings. The minimum atomic E-state index is -1.09. The van der Waals surface area contributed by atoms with Crippen molar-refractivity contribution in [2.75, 3.05) is 13.1 Å². The Morgan fingerprint density at radius 3 is 2.19 bits per heavy atom. The van der Waals surface area contributed by atoms with Crippen molar-refractivity contribution in [1.29, 1.82) is 0 Å². The van der Waals surface area contributed by atoms with Gasteiger partial charge in [0, 0.05) is 31.3 Å². The number of phenols is 1. The number of nitrogens with zero attached hydrogens (tertiary/aromatic N) is 1. The van der Waals surface area contributed by atoms with Crippen LogP contribution in [0.2, 0.25) is 0 Å². The predicted octanol–water partition coefficient (Wildman–Crippen LogP) is 1.15. The molecule has 1 atom stereocenters. The SMILES string of the molecule is O=C(N[C@@H](Cc1ccc(O)cc1)C(=O)O)C1CCN(C(=O)C2CC2)CC1. The zero-order chi connectivity index (χ0) is 18.7. The zero-order valence-electron chi connectivity index (χ0n) is 14.6. The van der Waals surface area contributed by atoms with Crippen LogP contribution in [0.25, 0.3) is 0 Å². The number of carbonyl (C=O) groups is 3. The molecule has 2 aliphatic rings. The molecule has 1 saturated heterocycles. The van der Waals surface area contributed by atoms with Gasteiger partial charge in [0.1, 0.15) is 11.8 Å². The van der Waals surface area contributed by atoms with E-state index in [9.17, 15) is 24.6 Å². The lowest BCUT2D eigenvalue weighted by molar-refractivity contribution is -0.143. The van der Waals surface area contributed by atoms with Crippen molar-refractivity contribution >= 4 is 17.8 Å². The maximum Gasteiger partial charge on any atom is 0.326 e. The molecule has 1 heterocycles. The first kappa shape index (κ1) is 18.2. The van der Waals surface area contributed by atoms with Crippen molar-refractivity contribution in [3.63, 3.8) is 0 Å². The number of carboxylic acid groups (broad SMARTS) is 1. The molecule has 7 nitrogen and oxygen atoms in total. The van der Waals surface area contributed by atoms with Crippen LogP contribution in [0.15, 0.2) is 24.3 Å². The highest BCUT2D eigenvalue weighted by Gasteiger charge is 2.36. The first-order chi connectivity index (χ1) is 12.4. The summed E-state index contributed by atoms with van der Waals surface area (Å²) < 4.78 is 0. The number of amides is 2. The van der Waals surface area contributed by atoms with Gasteiger partial charge in [-0.2, -0.15) is 0 Å². The first-order valence-corrected chi connectivity index (χ1v) is 9.04. The van der Waals surface area contributed by atoms with E-state index in [-0.39, 0.29) is 35.8 Å². The van der Waals surface area contributed by atoms with Crippen LogP contribution >= 0.6 is 0 Å². The average molecular weight is 360 g/mol. The second kappa shape index (κ2) is 7.76. The number of carbonyl (C=O) groups excluding carboxylic acids is 2. The molecule has 1 aliphatic heterocycles. The van der Waals surface area contributed by atoms with Crippen LogP contribution in [0.4, 0.5) is 0 Å². The molecule has 0 radical (unpaired) electrons. The van der Waals surface area contributed by atoms with Crippen molar-refractivity contribution in [2.45, 2.75) is 38.1 Å². The monoisotopic (exact) mass is 360 g/mol. The van der Waals surface area contributed by atoms with E-state index in [2.05, 4.69) is 5.32 Å². The Morgan fingerprint density at radius 2 is 1.65 bits per heavy atom. The van der Waals surface area contributed by atoms with Gasteiger partial charge < -0.3 is 20.4 Å². The van der Waals surface area contributed by atoms with Crippen molar-refractivity contribution in [3.8, 4) is 5.75 Å². The van der Waals surface area contributed by atoms with E-state index in [1.165, 1.54) is 12.1 Å². The number of hydrogen-bond acceptors (Lipinski definition) is 4. The second-order valence-electron chi connectivity index (χ2n) is 7.14. The van der Waals surface area contributed by atoms with Crippen LogP contribution in [-0.2, 0) is 20.8 Å². The summed E-state index contributed by atoms with van der Waals surface area (Å²) in [6.07, 6.45) is 3.22. The van der Waals surface area contributed by atoms with Crippen molar-refractivity contribution < 1.29 is 24.6 Å². The summed E-state index contributed by atoms with van der Waals surface area (Å²) in [4.78, 5) is 37.8. The molecule has 3 rings (SSSR count). The Labute approximate surface area is 152 Å². The number of aliphatic carboxylic acids is 1. The van der Waals surface area contributed by atoms with Gasteiger partial charge in [0.05, 0.1) is 0 Å². The van der Waals surface area contributed by atoms with Crippen LogP contribution in [0.5, 0.6) is 5.75 Å². The summed E-state index contributed by atoms with van der Waals surface area (Å²) in [7, 11) is 0. The van der Waals surface area contributed by atoms with Crippen LogP contribution in [0, 0.1) is 11.8 Å². The molecule has 2 amide bonds. The second-order valence-corrected chi connectivity index (χ2v) is 7.14. The van der Waals surface area contributed by atoms with Gasteiger partial charge in [0.15, 0.2) is 0 Å². The molecule has 140 valence electrons. The van der Waals surface area contributed by atoms with E-state index in [0.29, 0.717) is 25.9 Å². The fourth-order valence-electron chi connectivity index (χ4n) is 3.31. The van der Waals surface area contributed by atoms with Crippen molar-refractivity contribution in [3.05, 3.63) is 29.8 Å². The van der Waals surface area contributed by atoms with Crippen molar-refractivity contribution in [1.82, 2.24) is 10.2 Å². The fourth-order valence-corrected chi connectivity index (χ4v) is 3.31. The zero-order valence-corrected chi connectivity index (χ0v) is 14.6. The van der Waals surface area contributed by atoms with E-state index in [1.54, 1.807) is 12.1 Å². The highest BCUT2D eigenvalue weighted by Crippen LogP contribution is 2.32. The van der Waals surface area contributed by atoms with Gasteiger partial charge in [-0.3, -0.25) is 9.59 Å². The number of carboxylic acids is 1. The number of piperidine rings is 1. The fraction of sp³-hybridized carbons (Fsp3) is 0.526. The minimum Gasteiger partial charge on any atom is -0.508 e. The quantitative estimate of drug-likeness (QED) is 0.706. The summed E-state index contributed by atoms with van der Waals surface area (Å²) in [5.41, 5.74) is 0.723. The van der Waals surface area contributed by atoms with Gasteiger partial charge in [0.25, 0.3) is 0 Å². The topological polar surface area (TPSA) is 107 Å². The highest BCUT2D eigenvalue weighted by atomic mass is 16.4. The van der Waals surface area contributed by atoms with Gasteiger partial charge in [-0.1, -0.05) is 12.1 Å². The Balaban J connectivity index is 1.52. The summed E-state index contributed by atoms with van der Waals surface area (Å²) in [5.74, 6) is -1.14. The van der Waals surface area contributed by atoms with E-state index in [0.717, 1.165) is 18.4 Å². The number of benzene rings is 1. The standard InChI is InChI=1S/C19H24N2O5/c22-15-5-1-12(2-6-15)11-16(19(25)26)20-17(23)13-7-9-21(10-8-13)18(24)14-3-4-14/h1-2,5-6,13-14,16,22H,3-4,7-11H2,(H,20,23)(H,25,26)/t16-/m0/s1. The third-order valence-electron chi connectivity index (χ3n) is 5.09. The molecule has 0 bridgehead atoms. The van der Waals surface area contributed by atoms with Gasteiger partial charge in [-0.25, -0.2) is 4.79 Å². The van der Waals surface area contributed by atoms with Gasteiger partial charge in [0.2, 0.25) is 11.8 Å². The number of likely N-dealkylation sites (tertiary alicyclic amines) is 1. The number of hydrogen-bond donors (Lipinski definition) is 3. The summed E-state index contributed by atoms with van der Waals surface area (Å²) in [6.45, 7) is 1.12. The Morgan fingerprint density at radius 1 is 1.04 bits per heavy atom. The lowest BCUT2D eigenvalue weighted by atomic mass is 9.94. The average Bonchev–Trinajstić information content (AvgIpc) is 3.47. The molecule has 1 aromatic rings. The molecular formula is C19H24N2O5. The van der Waals surface area contributed by atoms with Crippen LogP contribution < -0.4 is 5.32 Å². The van der Waals surface area contributed by atoms with E-state index in [1.807, 2.05) is 4.90 Å². The summed E-state index contributed by atoms with van der Waals surface area (Å²) in [6, 6.07) is 5.24. The predicted molar refractivity (Wildman–Crippen MR) is 93.4 cm³/mol. The van der Waals surface area contributed by atoms with Crippen LogP contribution in [-0.4, -0.2) is 52.0 Å². The summed E-state index contributed by atoms with van der Waals surface area (Å²) in [5, 5.41) is 21.3. The Hall–Kier alpha value is -2.57. The van der Waals surface area contributed by atoms with E-state index in [4.69, 9.17) is 0 Å². The van der Waals surface area contributed by atoms with Gasteiger partial charge in [-0.15, -0.1) is 0 Å². The third-order valence-corrected chi connectivity index (χ3v) is 5.09. The Bertz CT molecular complexity index is 676. The lowest BCUT2D eigenvalue weighted by Gasteiger charge is -2.32. The van der Waals surface area contributed by atoms with E-state index < -0.39 is 12.0 Å². The van der Waals surface area contributed by atoms with Crippen LogP contribution in [0.1, 0.15) is 31.2 Å². The lowest BCUT2D eigenvalue weighted by Crippen LogP contribution is -2.48. The molecule has 0 unspecified atom stereocenters. The smallest absolute Gasteiger partial charge is 0.326 e. The molecular weight excluding hydrogens is 336 g/mol. The number of rotatable bonds is 6. The third kappa shape index (κ3) is 4.53. The molecule has 1 aliphatic carbocycles. The normalized spacial score (nSPS) is 19.0. The van der Waals surface area contributed by atoms with Gasteiger partial charge in [-0.05, 0) is 43.4 Å². The Kier molecular flexibility index (Phi) is 5.44. The first-order valence-electron chi connectivity index (χ1n) is 9.04. The molecule has 3 N–H and O–H groups in total. The van der Waals surface area contributed by atoms with Crippen molar-refractivity contribution in [2.24, 2.45) is 11.8 Å². The molecule has 1 saturated carbocycles. The maximum atomic E-state index is 12.5. The minimum absolute atomic E-state index is 0.108. The summed E-state index contributed by atoms with van der Waals surface area (Å²) >= 11 is 0. The number of phenolic OH excluding ortho intramolecular Hbond substituents is 1.